The van der Waals surface area contributed by atoms with Gasteiger partial charge < -0.3 is 14.8 Å². The number of likely N-dealkylation sites (tertiary alicyclic amines) is 1. The Labute approximate surface area is 226 Å². The molecule has 0 saturated carbocycles. The van der Waals surface area contributed by atoms with Crippen molar-refractivity contribution in [1.82, 2.24) is 10.2 Å². The third-order valence-electron chi connectivity index (χ3n) is 6.38. The highest BCUT2D eigenvalue weighted by Crippen LogP contribution is 2.37. The van der Waals surface area contributed by atoms with E-state index in [1.165, 1.54) is 0 Å². The second kappa shape index (κ2) is 13.4. The molecule has 0 spiro atoms. The predicted octanol–water partition coefficient (Wildman–Crippen LogP) is 5.24. The van der Waals surface area contributed by atoms with Crippen molar-refractivity contribution in [3.63, 3.8) is 0 Å². The minimum atomic E-state index is -0.497. The van der Waals surface area contributed by atoms with Crippen LogP contribution in [-0.4, -0.2) is 54.0 Å². The second-order valence-electron chi connectivity index (χ2n) is 10.5. The molecule has 206 valence electrons. The first-order valence-corrected chi connectivity index (χ1v) is 13.6. The van der Waals surface area contributed by atoms with E-state index in [0.29, 0.717) is 42.5 Å². The largest absolute Gasteiger partial charge is 0.459 e. The average Bonchev–Trinajstić information content (AvgIpc) is 2.88. The standard InChI is InChI=1S/C28H35N3O5.C2H6/c1-28(2,3)36-26(33)18-31-15-13-19(14-16-31)20-9-10-22(29-23-11-12-25(32)30-27(23)34)24(17-20)35-21-7-5-4-6-8-21;1-2/h4-10,17,19,23,29H,11-16,18H2,1-3H3,(H,30,32,34);1-2H3. The van der Waals surface area contributed by atoms with Crippen LogP contribution in [0.25, 0.3) is 0 Å². The van der Waals surface area contributed by atoms with Gasteiger partial charge in [0.15, 0.2) is 5.75 Å². The maximum Gasteiger partial charge on any atom is 0.320 e. The zero-order valence-electron chi connectivity index (χ0n) is 23.2. The zero-order valence-corrected chi connectivity index (χ0v) is 23.2. The van der Waals surface area contributed by atoms with Crippen LogP contribution in [-0.2, 0) is 19.1 Å². The SMILES string of the molecule is CC.CC(C)(C)OC(=O)CN1CCC(c2ccc(NC3CCC(=O)NC3=O)c(Oc3ccccc3)c2)CC1. The summed E-state index contributed by atoms with van der Waals surface area (Å²) in [5.74, 6) is 0.921. The van der Waals surface area contributed by atoms with Crippen LogP contribution in [0.15, 0.2) is 48.5 Å². The molecule has 0 bridgehead atoms. The summed E-state index contributed by atoms with van der Waals surface area (Å²) in [6.45, 7) is 11.6. The monoisotopic (exact) mass is 523 g/mol. The van der Waals surface area contributed by atoms with Crippen molar-refractivity contribution in [2.24, 2.45) is 0 Å². The fourth-order valence-electron chi connectivity index (χ4n) is 4.61. The normalized spacial score (nSPS) is 18.6. The van der Waals surface area contributed by atoms with Gasteiger partial charge in [-0.3, -0.25) is 24.6 Å². The number of carbonyl (C=O) groups excluding carboxylic acids is 3. The Bertz CT molecular complexity index is 1090. The number of hydrogen-bond donors (Lipinski definition) is 2. The van der Waals surface area contributed by atoms with Crippen LogP contribution in [0.5, 0.6) is 11.5 Å². The van der Waals surface area contributed by atoms with Crippen LogP contribution in [0.1, 0.15) is 71.8 Å². The molecule has 0 radical (unpaired) electrons. The molecule has 2 aliphatic heterocycles. The summed E-state index contributed by atoms with van der Waals surface area (Å²) in [6.07, 6.45) is 2.59. The lowest BCUT2D eigenvalue weighted by molar-refractivity contribution is -0.156. The Morgan fingerprint density at radius 2 is 1.71 bits per heavy atom. The summed E-state index contributed by atoms with van der Waals surface area (Å²) >= 11 is 0. The number of imide groups is 1. The first-order chi connectivity index (χ1) is 18.2. The van der Waals surface area contributed by atoms with E-state index in [-0.39, 0.29) is 17.8 Å². The van der Waals surface area contributed by atoms with Gasteiger partial charge in [-0.15, -0.1) is 0 Å². The molecule has 2 N–H and O–H groups in total. The Hall–Kier alpha value is -3.39. The van der Waals surface area contributed by atoms with Crippen LogP contribution >= 0.6 is 0 Å². The second-order valence-corrected chi connectivity index (χ2v) is 10.5. The molecule has 2 aromatic carbocycles. The Morgan fingerprint density at radius 3 is 2.34 bits per heavy atom. The van der Waals surface area contributed by atoms with Crippen molar-refractivity contribution >= 4 is 23.5 Å². The van der Waals surface area contributed by atoms with E-state index < -0.39 is 11.6 Å². The highest BCUT2D eigenvalue weighted by atomic mass is 16.6. The van der Waals surface area contributed by atoms with E-state index >= 15 is 0 Å². The van der Waals surface area contributed by atoms with Gasteiger partial charge in [-0.2, -0.15) is 0 Å². The first kappa shape index (κ1) is 29.2. The number of para-hydroxylation sites is 1. The molecule has 38 heavy (non-hydrogen) atoms. The van der Waals surface area contributed by atoms with Crippen molar-refractivity contribution in [2.45, 2.75) is 77.9 Å². The number of anilines is 1. The van der Waals surface area contributed by atoms with Gasteiger partial charge in [-0.05, 0) is 88.9 Å². The fraction of sp³-hybridized carbons (Fsp3) is 0.500. The Morgan fingerprint density at radius 1 is 1.03 bits per heavy atom. The molecule has 2 aliphatic rings. The van der Waals surface area contributed by atoms with E-state index in [4.69, 9.17) is 9.47 Å². The molecule has 2 amide bonds. The summed E-state index contributed by atoms with van der Waals surface area (Å²) < 4.78 is 11.7. The molecule has 0 aromatic heterocycles. The van der Waals surface area contributed by atoms with Crippen molar-refractivity contribution in [2.75, 3.05) is 25.0 Å². The number of carbonyl (C=O) groups is 3. The summed E-state index contributed by atoms with van der Waals surface area (Å²) in [4.78, 5) is 38.2. The Balaban J connectivity index is 0.00000195. The van der Waals surface area contributed by atoms with Gasteiger partial charge in [0.25, 0.3) is 0 Å². The number of amides is 2. The number of nitrogens with one attached hydrogen (secondary N) is 2. The molecule has 8 heteroatoms. The average molecular weight is 524 g/mol. The molecule has 1 atom stereocenters. The number of piperidine rings is 2. The summed E-state index contributed by atoms with van der Waals surface area (Å²) in [7, 11) is 0. The molecular weight excluding hydrogens is 482 g/mol. The number of hydrogen-bond acceptors (Lipinski definition) is 7. The molecule has 0 aliphatic carbocycles. The molecule has 8 nitrogen and oxygen atoms in total. The quantitative estimate of drug-likeness (QED) is 0.378. The molecule has 2 saturated heterocycles. The van der Waals surface area contributed by atoms with E-state index in [0.717, 1.165) is 31.5 Å². The van der Waals surface area contributed by atoms with Gasteiger partial charge >= 0.3 is 5.97 Å². The van der Waals surface area contributed by atoms with Crippen molar-refractivity contribution in [3.05, 3.63) is 54.1 Å². The van der Waals surface area contributed by atoms with Gasteiger partial charge in [-0.25, -0.2) is 0 Å². The van der Waals surface area contributed by atoms with Gasteiger partial charge in [-0.1, -0.05) is 38.1 Å². The van der Waals surface area contributed by atoms with Gasteiger partial charge in [0.05, 0.1) is 12.2 Å². The molecule has 4 rings (SSSR count). The third kappa shape index (κ3) is 8.58. The van der Waals surface area contributed by atoms with Gasteiger partial charge in [0, 0.05) is 6.42 Å². The highest BCUT2D eigenvalue weighted by molar-refractivity contribution is 6.01. The summed E-state index contributed by atoms with van der Waals surface area (Å²) in [5.41, 5.74) is 1.39. The van der Waals surface area contributed by atoms with Crippen molar-refractivity contribution in [3.8, 4) is 11.5 Å². The minimum absolute atomic E-state index is 0.191. The number of benzene rings is 2. The number of nitrogens with zero attached hydrogens (tertiary/aromatic N) is 1. The molecule has 1 unspecified atom stereocenters. The summed E-state index contributed by atoms with van der Waals surface area (Å²) in [5, 5.41) is 5.66. The van der Waals surface area contributed by atoms with E-state index in [9.17, 15) is 14.4 Å². The number of esters is 1. The number of ether oxygens (including phenoxy) is 2. The Kier molecular flexibility index (Phi) is 10.3. The van der Waals surface area contributed by atoms with Crippen LogP contribution in [0.3, 0.4) is 0 Å². The predicted molar refractivity (Wildman–Crippen MR) is 148 cm³/mol. The maximum absolute atomic E-state index is 12.3. The molecule has 2 aromatic rings. The lowest BCUT2D eigenvalue weighted by Crippen LogP contribution is -2.47. The fourth-order valence-corrected chi connectivity index (χ4v) is 4.61. The van der Waals surface area contributed by atoms with Crippen LogP contribution < -0.4 is 15.4 Å². The lowest BCUT2D eigenvalue weighted by Gasteiger charge is -2.32. The van der Waals surface area contributed by atoms with Crippen molar-refractivity contribution < 1.29 is 23.9 Å². The van der Waals surface area contributed by atoms with E-state index in [2.05, 4.69) is 21.6 Å². The summed E-state index contributed by atoms with van der Waals surface area (Å²) in [6, 6.07) is 15.1. The van der Waals surface area contributed by atoms with Gasteiger partial charge in [0.1, 0.15) is 17.4 Å². The van der Waals surface area contributed by atoms with Crippen molar-refractivity contribution in [1.29, 1.82) is 0 Å². The van der Waals surface area contributed by atoms with Crippen LogP contribution in [0, 0.1) is 0 Å². The zero-order chi connectivity index (χ0) is 27.7. The molecule has 2 heterocycles. The van der Waals surface area contributed by atoms with Crippen LogP contribution in [0.2, 0.25) is 0 Å². The molecular formula is C30H41N3O5. The first-order valence-electron chi connectivity index (χ1n) is 13.6. The van der Waals surface area contributed by atoms with Gasteiger partial charge in [0.2, 0.25) is 11.8 Å². The molecule has 2 fully saturated rings. The minimum Gasteiger partial charge on any atom is -0.459 e. The topological polar surface area (TPSA) is 97.0 Å². The maximum atomic E-state index is 12.3. The van der Waals surface area contributed by atoms with E-state index in [1.54, 1.807) is 0 Å². The smallest absolute Gasteiger partial charge is 0.320 e. The third-order valence-corrected chi connectivity index (χ3v) is 6.38. The highest BCUT2D eigenvalue weighted by Gasteiger charge is 2.28. The number of rotatable bonds is 7. The van der Waals surface area contributed by atoms with Crippen LogP contribution in [0.4, 0.5) is 5.69 Å². The lowest BCUT2D eigenvalue weighted by atomic mass is 9.89. The van der Waals surface area contributed by atoms with E-state index in [1.807, 2.05) is 77.1 Å².